The van der Waals surface area contributed by atoms with Crippen LogP contribution in [0.15, 0.2) is 72.8 Å². The van der Waals surface area contributed by atoms with Crippen LogP contribution in [-0.2, 0) is 20.6 Å². The van der Waals surface area contributed by atoms with Crippen LogP contribution in [0.1, 0.15) is 40.2 Å². The molecule has 0 spiro atoms. The van der Waals surface area contributed by atoms with Crippen molar-refractivity contribution in [1.29, 1.82) is 0 Å². The van der Waals surface area contributed by atoms with Crippen LogP contribution < -0.4 is 15.4 Å². The summed E-state index contributed by atoms with van der Waals surface area (Å²) < 4.78 is 59.9. The van der Waals surface area contributed by atoms with E-state index in [4.69, 9.17) is 13.9 Å². The van der Waals surface area contributed by atoms with E-state index >= 15 is 0 Å². The molecule has 2 amide bonds. The van der Waals surface area contributed by atoms with Gasteiger partial charge in [-0.15, -0.1) is 0 Å². The van der Waals surface area contributed by atoms with Crippen LogP contribution in [0.2, 0.25) is 18.1 Å². The summed E-state index contributed by atoms with van der Waals surface area (Å²) in [5.41, 5.74) is 2.15. The molecule has 0 fully saturated rings. The van der Waals surface area contributed by atoms with Gasteiger partial charge in [0.15, 0.2) is 21.0 Å². The van der Waals surface area contributed by atoms with Crippen molar-refractivity contribution in [3.05, 3.63) is 78.4 Å². The first-order valence-electron chi connectivity index (χ1n) is 14.7. The largest absolute Gasteiger partial charge is 0.466 e. The Labute approximate surface area is 263 Å². The number of nitrogens with zero attached hydrogens (tertiary/aromatic N) is 1. The number of carbonyl (C=O) groups excluding carboxylic acids is 2. The van der Waals surface area contributed by atoms with Gasteiger partial charge >= 0.3 is 12.3 Å². The quantitative estimate of drug-likeness (QED) is 0.194. The van der Waals surface area contributed by atoms with E-state index in [0.717, 1.165) is 11.1 Å². The fourth-order valence-corrected chi connectivity index (χ4v) is 5.34. The van der Waals surface area contributed by atoms with E-state index in [9.17, 15) is 22.8 Å². The average molecular weight is 646 g/mol. The Hall–Kier alpha value is -3.90. The molecule has 0 aliphatic heterocycles. The van der Waals surface area contributed by atoms with Crippen LogP contribution >= 0.6 is 0 Å². The first-order chi connectivity index (χ1) is 21.0. The molecule has 2 atom stereocenters. The number of amides is 2. The normalized spacial score (nSPS) is 13.6. The Balaban J connectivity index is 1.80. The Morgan fingerprint density at radius 2 is 1.51 bits per heavy atom. The van der Waals surface area contributed by atoms with E-state index in [1.165, 1.54) is 0 Å². The third-order valence-corrected chi connectivity index (χ3v) is 12.1. The van der Waals surface area contributed by atoms with E-state index in [1.54, 1.807) is 39.1 Å². The van der Waals surface area contributed by atoms with Gasteiger partial charge in [0.2, 0.25) is 5.88 Å². The molecular weight excluding hydrogens is 603 g/mol. The lowest BCUT2D eigenvalue weighted by atomic mass is 9.98. The molecule has 3 rings (SSSR count). The third-order valence-electron chi connectivity index (χ3n) is 7.64. The monoisotopic (exact) mass is 645 g/mol. The maximum atomic E-state index is 14.4. The van der Waals surface area contributed by atoms with Crippen molar-refractivity contribution in [2.75, 3.05) is 11.9 Å². The lowest BCUT2D eigenvalue weighted by molar-refractivity contribution is -0.210. The van der Waals surface area contributed by atoms with Gasteiger partial charge in [-0.1, -0.05) is 95.3 Å². The van der Waals surface area contributed by atoms with Crippen molar-refractivity contribution < 1.29 is 36.7 Å². The molecule has 12 heteroatoms. The summed E-state index contributed by atoms with van der Waals surface area (Å²) in [4.78, 5) is 30.2. The molecule has 0 bridgehead atoms. The van der Waals surface area contributed by atoms with Gasteiger partial charge < -0.3 is 19.2 Å². The van der Waals surface area contributed by atoms with Crippen molar-refractivity contribution >= 4 is 26.0 Å². The van der Waals surface area contributed by atoms with Crippen molar-refractivity contribution in [3.63, 3.8) is 0 Å². The van der Waals surface area contributed by atoms with Crippen LogP contribution in [0, 0.1) is 5.92 Å². The van der Waals surface area contributed by atoms with Gasteiger partial charge in [-0.3, -0.25) is 10.1 Å². The fourth-order valence-electron chi connectivity index (χ4n) is 4.08. The van der Waals surface area contributed by atoms with Crippen molar-refractivity contribution in [1.82, 2.24) is 10.3 Å². The van der Waals surface area contributed by atoms with E-state index < -0.39 is 56.2 Å². The Kier molecular flexibility index (Phi) is 11.8. The molecule has 0 aliphatic carbocycles. The standard InChI is InChI=1S/C33H42F3N3O5Si/c1-22(2)28(29(33(34,35)36)44-45(6,7)32(3,4)5)39-27(40)21-42-30-26(19-18-25(37-30)24-16-12-9-13-17-24)38-31(41)43-20-23-14-10-8-11-15-23/h8-19,22,28-29H,20-21H2,1-7H3,(H,38,41)(H,39,40). The highest BCUT2D eigenvalue weighted by atomic mass is 28.4. The molecule has 244 valence electrons. The van der Waals surface area contributed by atoms with Crippen molar-refractivity contribution in [2.24, 2.45) is 5.92 Å². The highest BCUT2D eigenvalue weighted by Gasteiger charge is 2.52. The smallest absolute Gasteiger partial charge is 0.415 e. The summed E-state index contributed by atoms with van der Waals surface area (Å²) in [5, 5.41) is 4.58. The summed E-state index contributed by atoms with van der Waals surface area (Å²) in [6.07, 6.45) is -7.71. The zero-order valence-electron chi connectivity index (χ0n) is 26.7. The van der Waals surface area contributed by atoms with Crippen LogP contribution in [0.3, 0.4) is 0 Å². The summed E-state index contributed by atoms with van der Waals surface area (Å²) in [7, 11) is -2.86. The second kappa shape index (κ2) is 14.9. The third kappa shape index (κ3) is 10.3. The van der Waals surface area contributed by atoms with Crippen molar-refractivity contribution in [2.45, 2.75) is 77.7 Å². The van der Waals surface area contributed by atoms with E-state index in [1.807, 2.05) is 81.4 Å². The second-order valence-electron chi connectivity index (χ2n) is 12.6. The van der Waals surface area contributed by atoms with E-state index in [0.29, 0.717) is 5.69 Å². The Morgan fingerprint density at radius 1 is 0.911 bits per heavy atom. The molecule has 0 saturated heterocycles. The van der Waals surface area contributed by atoms with Gasteiger partial charge in [0.1, 0.15) is 12.3 Å². The first-order valence-corrected chi connectivity index (χ1v) is 17.6. The summed E-state index contributed by atoms with van der Waals surface area (Å²) >= 11 is 0. The molecule has 2 N–H and O–H groups in total. The highest BCUT2D eigenvalue weighted by molar-refractivity contribution is 6.74. The number of rotatable bonds is 12. The van der Waals surface area contributed by atoms with E-state index in [-0.39, 0.29) is 18.2 Å². The maximum absolute atomic E-state index is 14.4. The number of carbonyl (C=O) groups is 2. The molecule has 1 heterocycles. The minimum Gasteiger partial charge on any atom is -0.466 e. The first kappa shape index (κ1) is 35.6. The predicted molar refractivity (Wildman–Crippen MR) is 170 cm³/mol. The number of nitrogens with one attached hydrogen (secondary N) is 2. The lowest BCUT2D eigenvalue weighted by Gasteiger charge is -2.42. The number of aromatic nitrogens is 1. The molecule has 2 unspecified atom stereocenters. The van der Waals surface area contributed by atoms with Crippen LogP contribution in [-0.4, -0.2) is 50.2 Å². The number of ether oxygens (including phenoxy) is 2. The molecule has 8 nitrogen and oxygen atoms in total. The summed E-state index contributed by atoms with van der Waals surface area (Å²) in [6.45, 7) is 11.6. The Bertz CT molecular complexity index is 1410. The number of pyridine rings is 1. The van der Waals surface area contributed by atoms with Gasteiger partial charge in [-0.05, 0) is 41.7 Å². The van der Waals surface area contributed by atoms with Crippen LogP contribution in [0.25, 0.3) is 11.3 Å². The van der Waals surface area contributed by atoms with Gasteiger partial charge in [-0.2, -0.15) is 13.2 Å². The van der Waals surface area contributed by atoms with Crippen LogP contribution in [0.5, 0.6) is 5.88 Å². The van der Waals surface area contributed by atoms with Crippen molar-refractivity contribution in [3.8, 4) is 17.1 Å². The topological polar surface area (TPSA) is 98.8 Å². The number of hydrogen-bond donors (Lipinski definition) is 2. The predicted octanol–water partition coefficient (Wildman–Crippen LogP) is 7.97. The minimum atomic E-state index is -4.72. The maximum Gasteiger partial charge on any atom is 0.415 e. The molecule has 45 heavy (non-hydrogen) atoms. The minimum absolute atomic E-state index is 0.0225. The molecule has 0 aliphatic rings. The second-order valence-corrected chi connectivity index (χ2v) is 17.3. The number of benzene rings is 2. The number of anilines is 1. The molecule has 3 aromatic rings. The molecule has 0 saturated carbocycles. The van der Waals surface area contributed by atoms with Gasteiger partial charge in [-0.25, -0.2) is 9.78 Å². The van der Waals surface area contributed by atoms with Crippen LogP contribution in [0.4, 0.5) is 23.7 Å². The molecule has 2 aromatic carbocycles. The number of alkyl halides is 3. The highest BCUT2D eigenvalue weighted by Crippen LogP contribution is 2.41. The van der Waals surface area contributed by atoms with E-state index in [2.05, 4.69) is 15.6 Å². The summed E-state index contributed by atoms with van der Waals surface area (Å²) in [6, 6.07) is 20.1. The van der Waals surface area contributed by atoms with Gasteiger partial charge in [0, 0.05) is 5.56 Å². The number of hydrogen-bond acceptors (Lipinski definition) is 6. The SMILES string of the molecule is CC(C)C(NC(=O)COc1nc(-c2ccccc2)ccc1NC(=O)OCc1ccccc1)C(O[Si](C)(C)C(C)(C)C)C(F)(F)F. The molecule has 1 aromatic heterocycles. The zero-order valence-corrected chi connectivity index (χ0v) is 27.7. The van der Waals surface area contributed by atoms with Gasteiger partial charge in [0.05, 0.1) is 11.7 Å². The van der Waals surface area contributed by atoms with Gasteiger partial charge in [0.25, 0.3) is 5.91 Å². The zero-order chi connectivity index (χ0) is 33.4. The Morgan fingerprint density at radius 3 is 2.07 bits per heavy atom. The molecular formula is C33H42F3N3O5Si. The average Bonchev–Trinajstić information content (AvgIpc) is 2.97. The number of halogens is 3. The lowest BCUT2D eigenvalue weighted by Crippen LogP contribution is -2.59. The summed E-state index contributed by atoms with van der Waals surface area (Å²) in [5.74, 6) is -1.51. The molecule has 0 radical (unpaired) electrons. The fraction of sp³-hybridized carbons (Fsp3) is 0.424.